The second-order valence-electron chi connectivity index (χ2n) is 8.73. The number of likely N-dealkylation sites (tertiary alicyclic amines) is 1. The van der Waals surface area contributed by atoms with Crippen LogP contribution < -0.4 is 4.90 Å². The number of rotatable bonds is 4. The van der Waals surface area contributed by atoms with Crippen LogP contribution in [0.15, 0.2) is 42.7 Å². The molecule has 0 radical (unpaired) electrons. The van der Waals surface area contributed by atoms with Crippen molar-refractivity contribution in [2.75, 3.05) is 31.1 Å². The highest BCUT2D eigenvalue weighted by Crippen LogP contribution is 2.23. The first kappa shape index (κ1) is 22.0. The monoisotopic (exact) mass is 434 g/mol. The molecule has 2 aliphatic rings. The van der Waals surface area contributed by atoms with Crippen LogP contribution >= 0.6 is 0 Å². The molecule has 0 N–H and O–H groups in total. The number of nitrogens with zero attached hydrogens (tertiary/aromatic N) is 6. The Bertz CT molecular complexity index is 937. The molecule has 0 aliphatic carbocycles. The van der Waals surface area contributed by atoms with Gasteiger partial charge in [0.05, 0.1) is 18.0 Å². The second-order valence-corrected chi connectivity index (χ2v) is 8.73. The Morgan fingerprint density at radius 3 is 2.44 bits per heavy atom. The fourth-order valence-electron chi connectivity index (χ4n) is 4.42. The minimum atomic E-state index is -0.230. The topological polar surface area (TPSA) is 85.6 Å². The third-order valence-electron chi connectivity index (χ3n) is 6.30. The summed E-state index contributed by atoms with van der Waals surface area (Å²) < 4.78 is 5.89. The van der Waals surface area contributed by atoms with Gasteiger partial charge in [-0.3, -0.25) is 4.90 Å². The van der Waals surface area contributed by atoms with E-state index in [1.165, 1.54) is 18.0 Å². The van der Waals surface area contributed by atoms with Gasteiger partial charge in [0.1, 0.15) is 12.2 Å². The van der Waals surface area contributed by atoms with Crippen molar-refractivity contribution >= 4 is 12.0 Å². The summed E-state index contributed by atoms with van der Waals surface area (Å²) in [6, 6.07) is 12.5. The van der Waals surface area contributed by atoms with E-state index in [9.17, 15) is 4.79 Å². The van der Waals surface area contributed by atoms with E-state index >= 15 is 0 Å². The summed E-state index contributed by atoms with van der Waals surface area (Å²) in [5.41, 5.74) is 1.75. The Labute approximate surface area is 189 Å². The molecule has 8 nitrogen and oxygen atoms in total. The Morgan fingerprint density at radius 1 is 1.09 bits per heavy atom. The quantitative estimate of drug-likeness (QED) is 0.731. The maximum absolute atomic E-state index is 12.9. The summed E-state index contributed by atoms with van der Waals surface area (Å²) in [5, 5.41) is 8.94. The first-order chi connectivity index (χ1) is 15.5. The number of anilines is 1. The smallest absolute Gasteiger partial charge is 0.410 e. The molecule has 0 bridgehead atoms. The fourth-order valence-corrected chi connectivity index (χ4v) is 4.42. The highest BCUT2D eigenvalue weighted by molar-refractivity contribution is 5.69. The lowest BCUT2D eigenvalue weighted by Crippen LogP contribution is -2.59. The Hall–Kier alpha value is -3.18. The number of hydrogen-bond donors (Lipinski definition) is 0. The standard InChI is InChI=1S/C24H30N6O2/c1-18-16-30(19(2)15-29(18)23-26-13-21(12-25)14-27-23)24(31)32-22-8-10-28(11-9-22)17-20-6-4-3-5-7-20/h3-7,13-14,18-19,22H,8-11,15-17H2,1-2H3/t18-,19-/m1/s1. The fraction of sp³-hybridized carbons (Fsp3) is 0.500. The number of benzene rings is 1. The molecule has 168 valence electrons. The number of hydrogen-bond acceptors (Lipinski definition) is 7. The van der Waals surface area contributed by atoms with Crippen molar-refractivity contribution in [1.82, 2.24) is 19.8 Å². The first-order valence-electron chi connectivity index (χ1n) is 11.3. The molecule has 0 saturated carbocycles. The van der Waals surface area contributed by atoms with Gasteiger partial charge in [-0.05, 0) is 32.3 Å². The lowest BCUT2D eigenvalue weighted by molar-refractivity contribution is 0.0165. The molecule has 2 atom stereocenters. The largest absolute Gasteiger partial charge is 0.446 e. The zero-order valence-corrected chi connectivity index (χ0v) is 18.7. The molecule has 1 amide bonds. The number of nitriles is 1. The van der Waals surface area contributed by atoms with Crippen LogP contribution in [0.5, 0.6) is 0 Å². The van der Waals surface area contributed by atoms with Gasteiger partial charge in [-0.25, -0.2) is 14.8 Å². The average molecular weight is 435 g/mol. The minimum Gasteiger partial charge on any atom is -0.446 e. The first-order valence-corrected chi connectivity index (χ1v) is 11.3. The Morgan fingerprint density at radius 2 is 1.78 bits per heavy atom. The van der Waals surface area contributed by atoms with Crippen LogP contribution in [-0.4, -0.2) is 70.2 Å². The Kier molecular flexibility index (Phi) is 6.86. The van der Waals surface area contributed by atoms with Gasteiger partial charge in [0.15, 0.2) is 0 Å². The molecule has 2 aliphatic heterocycles. The van der Waals surface area contributed by atoms with E-state index < -0.39 is 0 Å². The highest BCUT2D eigenvalue weighted by atomic mass is 16.6. The summed E-state index contributed by atoms with van der Waals surface area (Å²) >= 11 is 0. The molecule has 2 fully saturated rings. The van der Waals surface area contributed by atoms with Crippen LogP contribution in [0.4, 0.5) is 10.7 Å². The number of carbonyl (C=O) groups is 1. The number of piperazine rings is 1. The van der Waals surface area contributed by atoms with E-state index in [1.54, 1.807) is 0 Å². The summed E-state index contributed by atoms with van der Waals surface area (Å²) in [4.78, 5) is 27.9. The van der Waals surface area contributed by atoms with Crippen LogP contribution in [0.25, 0.3) is 0 Å². The molecular formula is C24H30N6O2. The molecule has 4 rings (SSSR count). The van der Waals surface area contributed by atoms with Gasteiger partial charge in [-0.1, -0.05) is 30.3 Å². The third kappa shape index (κ3) is 5.17. The van der Waals surface area contributed by atoms with E-state index in [2.05, 4.69) is 51.0 Å². The highest BCUT2D eigenvalue weighted by Gasteiger charge is 2.35. The maximum atomic E-state index is 12.9. The number of carbonyl (C=O) groups excluding carboxylic acids is 1. The van der Waals surface area contributed by atoms with Crippen molar-refractivity contribution in [2.24, 2.45) is 0 Å². The van der Waals surface area contributed by atoms with Gasteiger partial charge in [-0.15, -0.1) is 0 Å². The van der Waals surface area contributed by atoms with Crippen molar-refractivity contribution in [2.45, 2.75) is 51.4 Å². The number of ether oxygens (including phenoxy) is 1. The lowest BCUT2D eigenvalue weighted by atomic mass is 10.1. The summed E-state index contributed by atoms with van der Waals surface area (Å²) in [7, 11) is 0. The van der Waals surface area contributed by atoms with Crippen molar-refractivity contribution in [1.29, 1.82) is 5.26 Å². The van der Waals surface area contributed by atoms with Crippen molar-refractivity contribution in [3.05, 3.63) is 53.9 Å². The molecular weight excluding hydrogens is 404 g/mol. The van der Waals surface area contributed by atoms with Gasteiger partial charge in [0.2, 0.25) is 5.95 Å². The lowest BCUT2D eigenvalue weighted by Gasteiger charge is -2.44. The minimum absolute atomic E-state index is 0.0175. The number of amides is 1. The summed E-state index contributed by atoms with van der Waals surface area (Å²) in [6.07, 6.45) is 4.53. The molecule has 2 saturated heterocycles. The van der Waals surface area contributed by atoms with Gasteiger partial charge in [0.25, 0.3) is 0 Å². The number of piperidine rings is 1. The maximum Gasteiger partial charge on any atom is 0.410 e. The average Bonchev–Trinajstić information content (AvgIpc) is 2.82. The molecule has 0 spiro atoms. The van der Waals surface area contributed by atoms with Gasteiger partial charge in [0, 0.05) is 44.8 Å². The summed E-state index contributed by atoms with van der Waals surface area (Å²) in [6.45, 7) is 8.05. The molecule has 2 aromatic rings. The SMILES string of the molecule is C[C@@H]1CN(c2ncc(C#N)cn2)[C@H](C)CN1C(=O)OC1CCN(Cc2ccccc2)CC1. The normalized spacial score (nSPS) is 22.4. The third-order valence-corrected chi connectivity index (χ3v) is 6.30. The van der Waals surface area contributed by atoms with Gasteiger partial charge >= 0.3 is 6.09 Å². The molecule has 1 aromatic heterocycles. The predicted octanol–water partition coefficient (Wildman–Crippen LogP) is 3.05. The zero-order valence-electron chi connectivity index (χ0n) is 18.7. The zero-order chi connectivity index (χ0) is 22.5. The van der Waals surface area contributed by atoms with Crippen molar-refractivity contribution in [3.63, 3.8) is 0 Å². The molecule has 8 heteroatoms. The van der Waals surface area contributed by atoms with Crippen LogP contribution in [0.2, 0.25) is 0 Å². The van der Waals surface area contributed by atoms with E-state index in [4.69, 9.17) is 10.00 Å². The Balaban J connectivity index is 1.27. The molecule has 3 heterocycles. The van der Waals surface area contributed by atoms with Gasteiger partial charge in [-0.2, -0.15) is 5.26 Å². The second kappa shape index (κ2) is 9.96. The predicted molar refractivity (Wildman–Crippen MR) is 121 cm³/mol. The number of aromatic nitrogens is 2. The van der Waals surface area contributed by atoms with Crippen molar-refractivity contribution in [3.8, 4) is 6.07 Å². The van der Waals surface area contributed by atoms with Crippen LogP contribution in [-0.2, 0) is 11.3 Å². The van der Waals surface area contributed by atoms with E-state index in [1.807, 2.05) is 24.0 Å². The van der Waals surface area contributed by atoms with E-state index in [0.717, 1.165) is 32.5 Å². The molecule has 32 heavy (non-hydrogen) atoms. The van der Waals surface area contributed by atoms with Crippen LogP contribution in [0.3, 0.4) is 0 Å². The molecule has 0 unspecified atom stereocenters. The van der Waals surface area contributed by atoms with Gasteiger partial charge < -0.3 is 14.5 Å². The summed E-state index contributed by atoms with van der Waals surface area (Å²) in [5.74, 6) is 0.585. The van der Waals surface area contributed by atoms with Crippen LogP contribution in [0, 0.1) is 11.3 Å². The van der Waals surface area contributed by atoms with Crippen molar-refractivity contribution < 1.29 is 9.53 Å². The van der Waals surface area contributed by atoms with Crippen LogP contribution in [0.1, 0.15) is 37.8 Å². The van der Waals surface area contributed by atoms with E-state index in [-0.39, 0.29) is 24.3 Å². The van der Waals surface area contributed by atoms with E-state index in [0.29, 0.717) is 24.6 Å². The molecule has 1 aromatic carbocycles.